The Kier molecular flexibility index (Phi) is 4.84. The molecule has 4 heteroatoms. The molecular weight excluding hydrogens is 298 g/mol. The number of benzene rings is 1. The number of hydrogen-bond donors (Lipinski definition) is 1. The summed E-state index contributed by atoms with van der Waals surface area (Å²) in [5.74, 6) is 0.602. The number of aryl methyl sites for hydroxylation is 1. The zero-order chi connectivity index (χ0) is 17.1. The number of nitrogens with zero attached hydrogens (tertiary/aromatic N) is 2. The van der Waals surface area contributed by atoms with Crippen LogP contribution in [0.15, 0.2) is 36.5 Å². The number of hydrogen-bond acceptors (Lipinski definition) is 3. The average molecular weight is 323 g/mol. The first-order valence-electron chi connectivity index (χ1n) is 8.63. The lowest BCUT2D eigenvalue weighted by molar-refractivity contribution is 0.0677. The molecule has 1 saturated heterocycles. The lowest BCUT2D eigenvalue weighted by Crippen LogP contribution is -2.39. The normalized spacial score (nSPS) is 17.6. The van der Waals surface area contributed by atoms with E-state index in [0.29, 0.717) is 11.6 Å². The van der Waals surface area contributed by atoms with Crippen LogP contribution in [0, 0.1) is 19.8 Å². The Morgan fingerprint density at radius 3 is 2.92 bits per heavy atom. The van der Waals surface area contributed by atoms with Gasteiger partial charge in [0.05, 0.1) is 0 Å². The molecule has 0 spiro atoms. The summed E-state index contributed by atoms with van der Waals surface area (Å²) < 4.78 is 0. The third kappa shape index (κ3) is 3.58. The Labute approximate surface area is 143 Å². The van der Waals surface area contributed by atoms with Gasteiger partial charge in [-0.1, -0.05) is 19.1 Å². The number of nitrogens with one attached hydrogen (secondary N) is 1. The molecule has 2 aromatic rings. The first kappa shape index (κ1) is 16.5. The van der Waals surface area contributed by atoms with E-state index in [0.717, 1.165) is 30.9 Å². The minimum absolute atomic E-state index is 0.0335. The van der Waals surface area contributed by atoms with Crippen molar-refractivity contribution in [1.82, 2.24) is 9.88 Å². The van der Waals surface area contributed by atoms with Crippen molar-refractivity contribution in [2.75, 3.05) is 18.4 Å². The Bertz CT molecular complexity index is 741. The molecule has 0 saturated carbocycles. The van der Waals surface area contributed by atoms with Crippen molar-refractivity contribution in [3.8, 4) is 0 Å². The highest BCUT2D eigenvalue weighted by atomic mass is 16.2. The van der Waals surface area contributed by atoms with Gasteiger partial charge < -0.3 is 10.2 Å². The summed E-state index contributed by atoms with van der Waals surface area (Å²) in [7, 11) is 0. The number of amides is 1. The largest absolute Gasteiger partial charge is 0.355 e. The topological polar surface area (TPSA) is 45.2 Å². The maximum absolute atomic E-state index is 12.7. The third-order valence-corrected chi connectivity index (χ3v) is 4.81. The summed E-state index contributed by atoms with van der Waals surface area (Å²) in [6.07, 6.45) is 3.98. The Balaban J connectivity index is 1.79. The van der Waals surface area contributed by atoms with Crippen molar-refractivity contribution in [1.29, 1.82) is 0 Å². The standard InChI is InChI=1S/C20H25N3O/c1-14-6-5-11-23(13-14)20(24)19-12-17(9-10-21-19)22-18-8-4-7-15(2)16(18)3/h4,7-10,12,14H,5-6,11,13H2,1-3H3,(H,21,22). The third-order valence-electron chi connectivity index (χ3n) is 4.81. The fraction of sp³-hybridized carbons (Fsp3) is 0.400. The van der Waals surface area contributed by atoms with Gasteiger partial charge in [-0.25, -0.2) is 0 Å². The maximum Gasteiger partial charge on any atom is 0.272 e. The zero-order valence-electron chi connectivity index (χ0n) is 14.7. The molecule has 1 aromatic heterocycles. The van der Waals surface area contributed by atoms with Gasteiger partial charge in [0.15, 0.2) is 0 Å². The number of anilines is 2. The van der Waals surface area contributed by atoms with Crippen LogP contribution in [0.1, 0.15) is 41.4 Å². The van der Waals surface area contributed by atoms with Crippen LogP contribution in [0.4, 0.5) is 11.4 Å². The number of pyridine rings is 1. The van der Waals surface area contributed by atoms with Crippen LogP contribution >= 0.6 is 0 Å². The minimum atomic E-state index is 0.0335. The van der Waals surface area contributed by atoms with E-state index in [1.165, 1.54) is 17.5 Å². The molecule has 1 aliphatic heterocycles. The lowest BCUT2D eigenvalue weighted by Gasteiger charge is -2.30. The number of carbonyl (C=O) groups excluding carboxylic acids is 1. The van der Waals surface area contributed by atoms with Crippen molar-refractivity contribution in [2.24, 2.45) is 5.92 Å². The second kappa shape index (κ2) is 7.04. The predicted molar refractivity (Wildman–Crippen MR) is 97.7 cm³/mol. The minimum Gasteiger partial charge on any atom is -0.355 e. The van der Waals surface area contributed by atoms with Crippen molar-refractivity contribution in [2.45, 2.75) is 33.6 Å². The van der Waals surface area contributed by atoms with E-state index in [1.807, 2.05) is 23.1 Å². The van der Waals surface area contributed by atoms with Gasteiger partial charge >= 0.3 is 0 Å². The predicted octanol–water partition coefficient (Wildman–Crippen LogP) is 4.31. The number of carbonyl (C=O) groups is 1. The second-order valence-corrected chi connectivity index (χ2v) is 6.80. The molecule has 0 bridgehead atoms. The van der Waals surface area contributed by atoms with Crippen molar-refractivity contribution in [3.63, 3.8) is 0 Å². The Hall–Kier alpha value is -2.36. The summed E-state index contributed by atoms with van der Waals surface area (Å²) >= 11 is 0. The van der Waals surface area contributed by atoms with E-state index in [9.17, 15) is 4.79 Å². The SMILES string of the molecule is Cc1cccc(Nc2ccnc(C(=O)N3CCCC(C)C3)c2)c1C. The molecule has 0 radical (unpaired) electrons. The summed E-state index contributed by atoms with van der Waals surface area (Å²) in [5.41, 5.74) is 4.93. The van der Waals surface area contributed by atoms with E-state index in [2.05, 4.69) is 43.2 Å². The van der Waals surface area contributed by atoms with Crippen molar-refractivity contribution < 1.29 is 4.79 Å². The van der Waals surface area contributed by atoms with E-state index in [-0.39, 0.29) is 5.91 Å². The van der Waals surface area contributed by atoms with Gasteiger partial charge in [0.2, 0.25) is 0 Å². The van der Waals surface area contributed by atoms with E-state index in [1.54, 1.807) is 6.20 Å². The van der Waals surface area contributed by atoms with E-state index >= 15 is 0 Å². The van der Waals surface area contributed by atoms with Crippen LogP contribution in [0.5, 0.6) is 0 Å². The van der Waals surface area contributed by atoms with Crippen LogP contribution < -0.4 is 5.32 Å². The van der Waals surface area contributed by atoms with Crippen molar-refractivity contribution >= 4 is 17.3 Å². The van der Waals surface area contributed by atoms with Crippen LogP contribution in [-0.4, -0.2) is 28.9 Å². The van der Waals surface area contributed by atoms with E-state index < -0.39 is 0 Å². The maximum atomic E-state index is 12.7. The van der Waals surface area contributed by atoms with Crippen LogP contribution in [0.2, 0.25) is 0 Å². The van der Waals surface area contributed by atoms with Crippen LogP contribution in [-0.2, 0) is 0 Å². The quantitative estimate of drug-likeness (QED) is 0.915. The monoisotopic (exact) mass is 323 g/mol. The molecule has 1 amide bonds. The first-order chi connectivity index (χ1) is 11.5. The molecular formula is C20H25N3O. The van der Waals surface area contributed by atoms with Crippen molar-refractivity contribution in [3.05, 3.63) is 53.3 Å². The highest BCUT2D eigenvalue weighted by molar-refractivity contribution is 5.93. The lowest BCUT2D eigenvalue weighted by atomic mass is 10.00. The van der Waals surface area contributed by atoms with Gasteiger partial charge in [0, 0.05) is 30.7 Å². The summed E-state index contributed by atoms with van der Waals surface area (Å²) in [5, 5.41) is 3.41. The second-order valence-electron chi connectivity index (χ2n) is 6.80. The summed E-state index contributed by atoms with van der Waals surface area (Å²) in [6.45, 7) is 8.06. The highest BCUT2D eigenvalue weighted by Gasteiger charge is 2.23. The Morgan fingerprint density at radius 2 is 2.12 bits per heavy atom. The fourth-order valence-electron chi connectivity index (χ4n) is 3.20. The Morgan fingerprint density at radius 1 is 1.29 bits per heavy atom. The number of likely N-dealkylation sites (tertiary alicyclic amines) is 1. The first-order valence-corrected chi connectivity index (χ1v) is 8.63. The van der Waals surface area contributed by atoms with Gasteiger partial charge in [-0.15, -0.1) is 0 Å². The van der Waals surface area contributed by atoms with Gasteiger partial charge in [0.1, 0.15) is 5.69 Å². The number of aromatic nitrogens is 1. The van der Waals surface area contributed by atoms with Crippen LogP contribution in [0.25, 0.3) is 0 Å². The van der Waals surface area contributed by atoms with E-state index in [4.69, 9.17) is 0 Å². The molecule has 3 rings (SSSR count). The summed E-state index contributed by atoms with van der Waals surface area (Å²) in [4.78, 5) is 18.9. The summed E-state index contributed by atoms with van der Waals surface area (Å²) in [6, 6.07) is 9.93. The fourth-order valence-corrected chi connectivity index (χ4v) is 3.20. The smallest absolute Gasteiger partial charge is 0.272 e. The molecule has 1 N–H and O–H groups in total. The molecule has 1 aromatic carbocycles. The molecule has 0 aliphatic carbocycles. The molecule has 2 heterocycles. The van der Waals surface area contributed by atoms with Gasteiger partial charge in [0.25, 0.3) is 5.91 Å². The average Bonchev–Trinajstić information content (AvgIpc) is 2.58. The molecule has 1 fully saturated rings. The highest BCUT2D eigenvalue weighted by Crippen LogP contribution is 2.24. The zero-order valence-corrected chi connectivity index (χ0v) is 14.7. The molecule has 4 nitrogen and oxygen atoms in total. The number of piperidine rings is 1. The molecule has 1 aliphatic rings. The molecule has 1 atom stereocenters. The molecule has 24 heavy (non-hydrogen) atoms. The number of rotatable bonds is 3. The van der Waals surface area contributed by atoms with Crippen LogP contribution in [0.3, 0.4) is 0 Å². The van der Waals surface area contributed by atoms with Gasteiger partial charge in [-0.3, -0.25) is 9.78 Å². The van der Waals surface area contributed by atoms with Gasteiger partial charge in [-0.2, -0.15) is 0 Å². The molecule has 1 unspecified atom stereocenters. The van der Waals surface area contributed by atoms with Gasteiger partial charge in [-0.05, 0) is 61.9 Å². The molecule has 126 valence electrons.